The quantitative estimate of drug-likeness (QED) is 0.0270. The number of esters is 2. The summed E-state index contributed by atoms with van der Waals surface area (Å²) in [7, 11) is 0. The van der Waals surface area contributed by atoms with Gasteiger partial charge in [-0.05, 0) is 181 Å². The molecule has 0 radical (unpaired) electrons. The Kier molecular flexibility index (Phi) is 43.8. The molecule has 3 atom stereocenters. The van der Waals surface area contributed by atoms with Gasteiger partial charge in [-0.1, -0.05) is 187 Å². The third kappa shape index (κ3) is 41.1. The van der Waals surface area contributed by atoms with Crippen molar-refractivity contribution in [1.29, 1.82) is 0 Å². The molecule has 676 valence electrons. The second-order valence-corrected chi connectivity index (χ2v) is 45.4. The van der Waals surface area contributed by atoms with Crippen LogP contribution >= 0.6 is 0 Å². The van der Waals surface area contributed by atoms with Crippen LogP contribution in [-0.2, 0) is 86.0 Å². The summed E-state index contributed by atoms with van der Waals surface area (Å²) in [5.74, 6) is 1.24. The van der Waals surface area contributed by atoms with E-state index in [0.717, 1.165) is 89.8 Å². The van der Waals surface area contributed by atoms with Crippen molar-refractivity contribution in [2.75, 3.05) is 79.3 Å². The first-order valence-corrected chi connectivity index (χ1v) is 44.7. The lowest BCUT2D eigenvalue weighted by Gasteiger charge is -2.34. The van der Waals surface area contributed by atoms with E-state index >= 15 is 0 Å². The fourth-order valence-corrected chi connectivity index (χ4v) is 15.7. The highest BCUT2D eigenvalue weighted by molar-refractivity contribution is 6.05. The first-order chi connectivity index (χ1) is 53.4. The van der Waals surface area contributed by atoms with Crippen molar-refractivity contribution in [2.24, 2.45) is 107 Å². The van der Waals surface area contributed by atoms with Crippen LogP contribution in [0.25, 0.3) is 0 Å². The minimum absolute atomic E-state index is 0.000362. The molecule has 21 nitrogen and oxygen atoms in total. The maximum absolute atomic E-state index is 12.6. The van der Waals surface area contributed by atoms with Gasteiger partial charge in [0.05, 0.1) is 68.7 Å². The number of rotatable bonds is 31. The Morgan fingerprint density at radius 3 is 0.983 bits per heavy atom. The highest BCUT2D eigenvalue weighted by atomic mass is 16.7. The molecule has 3 aliphatic carbocycles. The van der Waals surface area contributed by atoms with Gasteiger partial charge in [0.15, 0.2) is 0 Å². The number of nitrogens with zero attached hydrogens (tertiary/aromatic N) is 3. The third-order valence-corrected chi connectivity index (χ3v) is 23.5. The molecule has 6 fully saturated rings. The van der Waals surface area contributed by atoms with E-state index in [9.17, 15) is 57.5 Å². The summed E-state index contributed by atoms with van der Waals surface area (Å²) in [6, 6.07) is 0. The minimum atomic E-state index is -0.638. The molecule has 6 rings (SSSR count). The zero-order chi connectivity index (χ0) is 89.8. The molecule has 0 N–H and O–H groups in total. The van der Waals surface area contributed by atoms with Gasteiger partial charge in [0.2, 0.25) is 42.2 Å². The molecule has 0 aromatic rings. The zero-order valence-corrected chi connectivity index (χ0v) is 79.6. The maximum atomic E-state index is 12.6. The molecular formula is C96H169N3O18. The van der Waals surface area contributed by atoms with Crippen LogP contribution in [-0.4, -0.2) is 164 Å². The predicted molar refractivity (Wildman–Crippen MR) is 463 cm³/mol. The van der Waals surface area contributed by atoms with Crippen molar-refractivity contribution < 1.29 is 86.0 Å². The normalized spacial score (nSPS) is 22.8. The molecule has 0 spiro atoms. The summed E-state index contributed by atoms with van der Waals surface area (Å²) < 4.78 is 32.0. The number of likely N-dealkylation sites (tertiary alicyclic amines) is 3. The van der Waals surface area contributed by atoms with E-state index in [1.165, 1.54) is 40.4 Å². The maximum Gasteiger partial charge on any atom is 0.314 e. The summed E-state index contributed by atoms with van der Waals surface area (Å²) in [4.78, 5) is 150. The van der Waals surface area contributed by atoms with E-state index in [2.05, 4.69) is 62.3 Å². The van der Waals surface area contributed by atoms with Gasteiger partial charge in [0.1, 0.15) is 23.1 Å². The first kappa shape index (κ1) is 108. The predicted octanol–water partition coefficient (Wildman–Crippen LogP) is 19.4. The van der Waals surface area contributed by atoms with Crippen LogP contribution in [0.15, 0.2) is 0 Å². The summed E-state index contributed by atoms with van der Waals surface area (Å²) >= 11 is 0. The van der Waals surface area contributed by atoms with E-state index < -0.39 is 11.4 Å². The molecule has 3 heterocycles. The van der Waals surface area contributed by atoms with Gasteiger partial charge in [-0.15, -0.1) is 0 Å². The lowest BCUT2D eigenvalue weighted by molar-refractivity contribution is -0.176. The summed E-state index contributed by atoms with van der Waals surface area (Å²) in [5, 5.41) is 0. The number of Topliss-reactive ketones (excluding diaryl/α,β-unsaturated/α-hetero) is 4. The topological polar surface area (TPSA) is 270 Å². The van der Waals surface area contributed by atoms with Crippen molar-refractivity contribution in [1.82, 2.24) is 14.7 Å². The van der Waals surface area contributed by atoms with Crippen LogP contribution < -0.4 is 0 Å². The fourth-order valence-electron chi connectivity index (χ4n) is 15.7. The number of amides is 6. The number of carbonyl (C=O) groups excluding carboxylic acids is 12. The van der Waals surface area contributed by atoms with Crippen LogP contribution in [0.1, 0.15) is 355 Å². The second-order valence-electron chi connectivity index (χ2n) is 45.4. The minimum Gasteiger partial charge on any atom is -0.428 e. The lowest BCUT2D eigenvalue weighted by atomic mass is 9.70. The first-order valence-electron chi connectivity index (χ1n) is 44.7. The average Bonchev–Trinajstić information content (AvgIpc) is 1.67. The molecule has 117 heavy (non-hydrogen) atoms. The monoisotopic (exact) mass is 1650 g/mol. The van der Waals surface area contributed by atoms with Crippen LogP contribution in [0, 0.1) is 107 Å². The highest BCUT2D eigenvalue weighted by Gasteiger charge is 2.48. The van der Waals surface area contributed by atoms with Crippen LogP contribution in [0.2, 0.25) is 0 Å². The summed E-state index contributed by atoms with van der Waals surface area (Å²) in [6.45, 7) is 66.2. The van der Waals surface area contributed by atoms with Crippen molar-refractivity contribution in [2.45, 2.75) is 355 Å². The van der Waals surface area contributed by atoms with Crippen LogP contribution in [0.4, 0.5) is 0 Å². The van der Waals surface area contributed by atoms with Crippen LogP contribution in [0.5, 0.6) is 0 Å². The third-order valence-electron chi connectivity index (χ3n) is 23.5. The van der Waals surface area contributed by atoms with E-state index in [4.69, 9.17) is 28.4 Å². The van der Waals surface area contributed by atoms with Gasteiger partial charge in [-0.2, -0.15) is 0 Å². The molecule has 6 aliphatic rings. The molecule has 21 heteroatoms. The van der Waals surface area contributed by atoms with E-state index in [1.807, 2.05) is 125 Å². The Morgan fingerprint density at radius 2 is 0.650 bits per heavy atom. The Labute approximate surface area is 709 Å². The molecule has 0 aromatic heterocycles. The number of hydrogen-bond acceptors (Lipinski definition) is 18. The molecule has 3 saturated heterocycles. The van der Waals surface area contributed by atoms with Gasteiger partial charge in [0.25, 0.3) is 0 Å². The average molecular weight is 1650 g/mol. The standard InChI is InChI=1S/C22H35NO6.C20H35NO5.C20H33NO3.C18H36O3.C16H30O/c1-21(2,3)16-11-17(24)23(18(16)25)12-14-7-9-15(10-8-14)19(26)28-13-29-20(27)22(4,5)6;1-19(2,3)15-14-17(23)21(18(15)24)9-11-26-13-12-25-10-7-8-16(22)20(4,5)6;1-19(2,3)15-11-16(22)21(18(15)24)12-13-7-9-14(10-8-13)17(23)20(4,5)6;1-17(2,3)11-9-13-21-15-14-20-12-8-7-10-16(19)18(4,5)6;1-15(2,3)11-12-7-9-13(10-8-12)14(17)16(4,5)6/h14-16H,7-13H2,1-6H3;15H,7-14H2,1-6H3;13-15H,7-12H2,1-6H3;7-15H2,1-6H3;12-13H,7-11H2,1-6H3. The van der Waals surface area contributed by atoms with Gasteiger partial charge < -0.3 is 28.4 Å². The largest absolute Gasteiger partial charge is 0.428 e. The number of hydrogen-bond donors (Lipinski definition) is 0. The number of unbranched alkanes of at least 4 members (excludes halogenated alkanes) is 1. The second kappa shape index (κ2) is 47.5. The number of carbonyl (C=O) groups is 12. The smallest absolute Gasteiger partial charge is 0.314 e. The molecule has 0 aromatic carbocycles. The van der Waals surface area contributed by atoms with Crippen molar-refractivity contribution >= 4 is 70.5 Å². The lowest BCUT2D eigenvalue weighted by Crippen LogP contribution is -2.39. The molecule has 3 unspecified atom stereocenters. The van der Waals surface area contributed by atoms with E-state index in [0.29, 0.717) is 144 Å². The summed E-state index contributed by atoms with van der Waals surface area (Å²) in [5.41, 5.74) is -1.33. The van der Waals surface area contributed by atoms with Gasteiger partial charge in [-0.3, -0.25) is 72.2 Å². The van der Waals surface area contributed by atoms with Crippen molar-refractivity contribution in [3.8, 4) is 0 Å². The van der Waals surface area contributed by atoms with Gasteiger partial charge in [-0.25, -0.2) is 0 Å². The Bertz CT molecular complexity index is 3150. The zero-order valence-electron chi connectivity index (χ0n) is 79.6. The molecular weight excluding hydrogens is 1480 g/mol. The number of imide groups is 3. The Morgan fingerprint density at radius 1 is 0.325 bits per heavy atom. The molecule has 3 aliphatic heterocycles. The highest BCUT2D eigenvalue weighted by Crippen LogP contribution is 2.43. The molecule has 3 saturated carbocycles. The van der Waals surface area contributed by atoms with E-state index in [1.54, 1.807) is 20.8 Å². The SMILES string of the molecule is CC(C)(C)C(=O)C1CCC(CN2C(=O)CC(C(C)(C)C)C2=O)CC1.CC(C)(C)C(=O)CCCOCCOCCN1C(=O)CC(C(C)(C)C)C1=O.CC(C)(C)C(=O)OCOC(=O)C1CCC(CN2C(=O)CC(C(C)(C)C)C2=O)CC1.CC(C)(C)CC1CCC(C(=O)C(C)(C)C)CC1.CC(C)(C)CCCOCCOCCCCC(=O)C(C)(C)C. The summed E-state index contributed by atoms with van der Waals surface area (Å²) in [6.07, 6.45) is 19.5. The van der Waals surface area contributed by atoms with Crippen molar-refractivity contribution in [3.05, 3.63) is 0 Å². The number of ether oxygens (including phenoxy) is 6. The Hall–Kier alpha value is -5.12. The van der Waals surface area contributed by atoms with Crippen molar-refractivity contribution in [3.63, 3.8) is 0 Å². The van der Waals surface area contributed by atoms with E-state index in [-0.39, 0.29) is 134 Å². The van der Waals surface area contributed by atoms with Gasteiger partial charge in [0, 0.05) is 98.5 Å². The fraction of sp³-hybridized carbons (Fsp3) is 0.875. The van der Waals surface area contributed by atoms with Gasteiger partial charge >= 0.3 is 11.9 Å². The molecule has 0 bridgehead atoms. The van der Waals surface area contributed by atoms with Crippen LogP contribution in [0.3, 0.4) is 0 Å². The Balaban J connectivity index is 0.000000501. The number of ketones is 4. The molecule has 6 amide bonds.